The lowest BCUT2D eigenvalue weighted by atomic mass is 10.00. The molecule has 1 saturated heterocycles. The van der Waals surface area contributed by atoms with Crippen LogP contribution in [0.2, 0.25) is 0 Å². The van der Waals surface area contributed by atoms with Gasteiger partial charge in [-0.15, -0.1) is 0 Å². The molecule has 0 atom stereocenters. The van der Waals surface area contributed by atoms with E-state index in [-0.39, 0.29) is 42.7 Å². The number of nitrogens with zero attached hydrogens (tertiary/aromatic N) is 3. The predicted molar refractivity (Wildman–Crippen MR) is 201 cm³/mol. The Morgan fingerprint density at radius 2 is 0.645 bits per heavy atom. The van der Waals surface area contributed by atoms with Crippen LogP contribution >= 0.6 is 0 Å². The molecular weight excluding hydrogens is 854 g/mol. The number of nitrogens with one attached hydrogen (secondary N) is 3. The molecule has 3 N–H and O–H groups in total. The number of rotatable bonds is 4. The summed E-state index contributed by atoms with van der Waals surface area (Å²) < 4.78 is 216. The van der Waals surface area contributed by atoms with Gasteiger partial charge in [-0.25, -0.2) is 66.4 Å². The molecule has 9 rings (SSSR count). The van der Waals surface area contributed by atoms with Crippen molar-refractivity contribution >= 4 is 50.9 Å². The molecule has 0 saturated carbocycles. The Morgan fingerprint density at radius 3 is 1.03 bits per heavy atom. The number of piperazine rings is 1. The molecular formula is C42H22F14N6. The molecule has 2 aliphatic heterocycles. The molecule has 7 aromatic rings. The quantitative estimate of drug-likeness (QED) is 0.0937. The van der Waals surface area contributed by atoms with E-state index in [1.54, 1.807) is 7.05 Å². The highest BCUT2D eigenvalue weighted by Gasteiger charge is 2.34. The van der Waals surface area contributed by atoms with Crippen molar-refractivity contribution < 1.29 is 61.5 Å². The monoisotopic (exact) mass is 876 g/mol. The van der Waals surface area contributed by atoms with Crippen LogP contribution in [0, 0.1) is 81.4 Å². The molecule has 62 heavy (non-hydrogen) atoms. The fourth-order valence-electron chi connectivity index (χ4n) is 7.74. The minimum absolute atomic E-state index is 0.00110. The summed E-state index contributed by atoms with van der Waals surface area (Å²) in [6.45, 7) is 0.562. The maximum Gasteiger partial charge on any atom is 0.200 e. The van der Waals surface area contributed by atoms with E-state index in [9.17, 15) is 26.3 Å². The molecule has 6 heterocycles. The molecule has 2 aliphatic rings. The molecule has 6 nitrogen and oxygen atoms in total. The highest BCUT2D eigenvalue weighted by atomic mass is 19.2. The van der Waals surface area contributed by atoms with Crippen LogP contribution in [-0.4, -0.2) is 58.1 Å². The first-order valence-corrected chi connectivity index (χ1v) is 18.2. The van der Waals surface area contributed by atoms with E-state index in [2.05, 4.69) is 19.9 Å². The second kappa shape index (κ2) is 14.7. The lowest BCUT2D eigenvalue weighted by molar-refractivity contribution is 0.309. The maximum atomic E-state index is 16.5. The van der Waals surface area contributed by atoms with Gasteiger partial charge in [0, 0.05) is 64.9 Å². The third kappa shape index (κ3) is 6.01. The molecule has 0 amide bonds. The van der Waals surface area contributed by atoms with Crippen LogP contribution in [0.4, 0.5) is 67.2 Å². The summed E-state index contributed by atoms with van der Waals surface area (Å²) in [5.41, 5.74) is -11.2. The van der Waals surface area contributed by atoms with Crippen LogP contribution in [0.3, 0.4) is 0 Å². The third-order valence-corrected chi connectivity index (χ3v) is 10.8. The molecule has 20 heteroatoms. The second-order valence-electron chi connectivity index (χ2n) is 14.4. The van der Waals surface area contributed by atoms with Crippen molar-refractivity contribution in [3.05, 3.63) is 129 Å². The lowest BCUT2D eigenvalue weighted by Crippen LogP contribution is -2.45. The predicted octanol–water partition coefficient (Wildman–Crippen LogP) is 11.4. The zero-order valence-electron chi connectivity index (χ0n) is 31.1. The van der Waals surface area contributed by atoms with Crippen molar-refractivity contribution in [1.82, 2.24) is 24.8 Å². The van der Waals surface area contributed by atoms with Crippen molar-refractivity contribution in [1.29, 1.82) is 0 Å². The Bertz CT molecular complexity index is 3140. The van der Waals surface area contributed by atoms with Crippen molar-refractivity contribution in [3.8, 4) is 33.4 Å². The number of hydrogen-bond donors (Lipinski definition) is 3. The highest BCUT2D eigenvalue weighted by molar-refractivity contribution is 6.00. The van der Waals surface area contributed by atoms with Gasteiger partial charge in [0.05, 0.1) is 39.1 Å². The Labute approximate surface area is 337 Å². The fourth-order valence-corrected chi connectivity index (χ4v) is 7.74. The third-order valence-electron chi connectivity index (χ3n) is 10.8. The van der Waals surface area contributed by atoms with E-state index in [1.807, 2.05) is 4.90 Å². The molecule has 0 spiro atoms. The lowest BCUT2D eigenvalue weighted by Gasteiger charge is -2.34. The molecule has 8 bridgehead atoms. The van der Waals surface area contributed by atoms with Crippen molar-refractivity contribution in [2.24, 2.45) is 0 Å². The van der Waals surface area contributed by atoms with E-state index >= 15 is 35.1 Å². The Morgan fingerprint density at radius 1 is 0.355 bits per heavy atom. The summed E-state index contributed by atoms with van der Waals surface area (Å²) in [5, 5.41) is 0. The number of benzene rings is 3. The van der Waals surface area contributed by atoms with Gasteiger partial charge in [-0.1, -0.05) is 0 Å². The van der Waals surface area contributed by atoms with Gasteiger partial charge >= 0.3 is 0 Å². The number of aromatic amines is 3. The van der Waals surface area contributed by atoms with Crippen LogP contribution in [0.1, 0.15) is 11.4 Å². The van der Waals surface area contributed by atoms with Crippen LogP contribution in [0.15, 0.2) is 36.4 Å². The van der Waals surface area contributed by atoms with Crippen molar-refractivity contribution in [2.45, 2.75) is 0 Å². The summed E-state index contributed by atoms with van der Waals surface area (Å²) in [6, 6.07) is 6.59. The van der Waals surface area contributed by atoms with Gasteiger partial charge in [0.1, 0.15) is 5.69 Å². The Hall–Kier alpha value is -6.83. The van der Waals surface area contributed by atoms with E-state index in [1.165, 1.54) is 12.1 Å². The number of hydrogen-bond acceptors (Lipinski definition) is 3. The summed E-state index contributed by atoms with van der Waals surface area (Å²) in [4.78, 5) is 15.2. The molecule has 0 aliphatic carbocycles. The molecule has 0 unspecified atom stereocenters. The summed E-state index contributed by atoms with van der Waals surface area (Å²) in [5.74, 6) is -31.5. The van der Waals surface area contributed by atoms with Crippen LogP contribution < -0.4 is 4.90 Å². The van der Waals surface area contributed by atoms with Gasteiger partial charge in [0.15, 0.2) is 69.8 Å². The van der Waals surface area contributed by atoms with Crippen LogP contribution in [0.5, 0.6) is 0 Å². The van der Waals surface area contributed by atoms with E-state index in [4.69, 9.17) is 0 Å². The van der Waals surface area contributed by atoms with E-state index in [0.717, 1.165) is 41.3 Å². The first kappa shape index (κ1) is 40.6. The van der Waals surface area contributed by atoms with Gasteiger partial charge in [-0.2, -0.15) is 0 Å². The smallest absolute Gasteiger partial charge is 0.200 e. The number of halogens is 14. The first-order valence-electron chi connectivity index (χ1n) is 18.2. The molecule has 318 valence electrons. The Balaban J connectivity index is 1.46. The second-order valence-corrected chi connectivity index (χ2v) is 14.4. The average Bonchev–Trinajstić information content (AvgIpc) is 4.11. The number of aromatic nitrogens is 4. The zero-order chi connectivity index (χ0) is 44.2. The first-order chi connectivity index (χ1) is 29.5. The number of fused-ring (bicyclic) bond motifs is 9. The van der Waals surface area contributed by atoms with Gasteiger partial charge in [-0.05, 0) is 55.6 Å². The SMILES string of the molecule is CN1CCN(c2c(F)c(F)c(-c3c4nc(c(-c5c(F)c(F)c(F)c(F)c5F)c5ccc([nH]5)c(-c5c(F)c(F)c(F)c(F)c5F)c5ccc([nH]5)c5ccc3[nH]5)C=C4)c(F)c2F)CC1. The fraction of sp³-hybridized carbons (Fsp3) is 0.119. The van der Waals surface area contributed by atoms with Gasteiger partial charge < -0.3 is 24.8 Å². The summed E-state index contributed by atoms with van der Waals surface area (Å²) >= 11 is 0. The van der Waals surface area contributed by atoms with Gasteiger partial charge in [-0.3, -0.25) is 0 Å². The summed E-state index contributed by atoms with van der Waals surface area (Å²) in [6.07, 6.45) is 1.85. The molecule has 0 radical (unpaired) electrons. The maximum absolute atomic E-state index is 16.5. The molecule has 4 aromatic heterocycles. The zero-order valence-corrected chi connectivity index (χ0v) is 31.1. The van der Waals surface area contributed by atoms with E-state index in [0.29, 0.717) is 0 Å². The highest BCUT2D eigenvalue weighted by Crippen LogP contribution is 2.43. The van der Waals surface area contributed by atoms with Crippen LogP contribution in [-0.2, 0) is 0 Å². The summed E-state index contributed by atoms with van der Waals surface area (Å²) in [7, 11) is 1.73. The van der Waals surface area contributed by atoms with Gasteiger partial charge in [0.25, 0.3) is 0 Å². The molecule has 3 aromatic carbocycles. The average molecular weight is 877 g/mol. The van der Waals surface area contributed by atoms with Crippen LogP contribution in [0.25, 0.3) is 78.6 Å². The number of likely N-dealkylation sites (N-methyl/N-ethyl adjacent to an activating group) is 1. The van der Waals surface area contributed by atoms with Gasteiger partial charge in [0.2, 0.25) is 11.6 Å². The minimum Gasteiger partial charge on any atom is -0.364 e. The topological polar surface area (TPSA) is 66.7 Å². The Kier molecular flexibility index (Phi) is 9.60. The standard InChI is InChI=1S/C42H22F14N6/c1-61-10-12-62(13-11-61)42-40(55)32(47)27(33(48)41(42)56)23-17-5-3-15(58-17)14-2-4-16(57-14)22(25-28(43)34(49)38(53)35(50)29(25)44)18-6-8-20(59-18)24(21-9-7-19(23)60-21)26-30(45)36(51)39(54)37(52)31(26)46/h2-9,57-59H,10-13H2,1H3. The van der Waals surface area contributed by atoms with Crippen molar-refractivity contribution in [2.75, 3.05) is 38.1 Å². The van der Waals surface area contributed by atoms with E-state index < -0.39 is 148 Å². The normalized spacial score (nSPS) is 14.0. The minimum atomic E-state index is -2.57. The van der Waals surface area contributed by atoms with Crippen molar-refractivity contribution in [3.63, 3.8) is 0 Å². The number of anilines is 1. The number of H-pyrrole nitrogens is 3. The largest absolute Gasteiger partial charge is 0.364 e. The molecule has 1 fully saturated rings.